The van der Waals surface area contributed by atoms with Crippen molar-refractivity contribution in [1.82, 2.24) is 5.43 Å². The predicted molar refractivity (Wildman–Crippen MR) is 73.6 cm³/mol. The zero-order chi connectivity index (χ0) is 14.5. The van der Waals surface area contributed by atoms with E-state index >= 15 is 0 Å². The normalized spacial score (nSPS) is 10.2. The first-order valence-corrected chi connectivity index (χ1v) is 6.09. The predicted octanol–water partition coefficient (Wildman–Crippen LogP) is 2.32. The van der Waals surface area contributed by atoms with Crippen molar-refractivity contribution in [3.63, 3.8) is 0 Å². The molecule has 5 heteroatoms. The number of carbonyl (C=O) groups is 1. The molecule has 0 atom stereocenters. The number of benzene rings is 2. The highest BCUT2D eigenvalue weighted by atomic mass is 19.1. The molecule has 2 aromatic rings. The summed E-state index contributed by atoms with van der Waals surface area (Å²) in [5, 5.41) is 0. The lowest BCUT2D eigenvalue weighted by atomic mass is 10.1. The summed E-state index contributed by atoms with van der Waals surface area (Å²) in [5.41, 5.74) is 3.89. The molecule has 0 aliphatic carbocycles. The van der Waals surface area contributed by atoms with Crippen LogP contribution in [0.4, 0.5) is 4.39 Å². The average molecular weight is 274 g/mol. The van der Waals surface area contributed by atoms with E-state index in [1.165, 1.54) is 6.07 Å². The number of hydrogen-bond donors (Lipinski definition) is 2. The first-order valence-electron chi connectivity index (χ1n) is 6.09. The maximum atomic E-state index is 13.1. The van der Waals surface area contributed by atoms with E-state index in [2.05, 4.69) is 5.43 Å². The second-order valence-electron chi connectivity index (χ2n) is 4.37. The van der Waals surface area contributed by atoms with Gasteiger partial charge in [-0.2, -0.15) is 0 Å². The number of aryl methyl sites for hydroxylation is 1. The molecule has 0 aliphatic heterocycles. The van der Waals surface area contributed by atoms with Gasteiger partial charge in [0.25, 0.3) is 5.91 Å². The Morgan fingerprint density at radius 1 is 1.30 bits per heavy atom. The molecule has 0 saturated heterocycles. The largest absolute Gasteiger partial charge is 0.489 e. The van der Waals surface area contributed by atoms with Crippen LogP contribution in [0, 0.1) is 12.7 Å². The highest BCUT2D eigenvalue weighted by molar-refractivity contribution is 5.93. The van der Waals surface area contributed by atoms with Gasteiger partial charge in [-0.05, 0) is 48.4 Å². The minimum Gasteiger partial charge on any atom is -0.489 e. The number of hydrazine groups is 1. The van der Waals surface area contributed by atoms with Crippen LogP contribution in [-0.4, -0.2) is 5.91 Å². The standard InChI is InChI=1S/C15H15FN2O2/c1-10-7-13(5-6-14(10)16)20-9-11-3-2-4-12(8-11)15(19)18-17/h2-8H,9,17H2,1H3,(H,18,19). The maximum absolute atomic E-state index is 13.1. The third kappa shape index (κ3) is 3.33. The molecule has 3 N–H and O–H groups in total. The molecule has 0 aliphatic rings. The number of carbonyl (C=O) groups excluding carboxylic acids is 1. The van der Waals surface area contributed by atoms with Gasteiger partial charge in [0.15, 0.2) is 0 Å². The van der Waals surface area contributed by atoms with Gasteiger partial charge in [0.1, 0.15) is 18.2 Å². The van der Waals surface area contributed by atoms with Crippen molar-refractivity contribution in [3.05, 3.63) is 65.0 Å². The second-order valence-corrected chi connectivity index (χ2v) is 4.37. The number of nitrogens with one attached hydrogen (secondary N) is 1. The molecule has 4 nitrogen and oxygen atoms in total. The fraction of sp³-hybridized carbons (Fsp3) is 0.133. The molecule has 0 saturated carbocycles. The number of halogens is 1. The van der Waals surface area contributed by atoms with Crippen molar-refractivity contribution in [2.45, 2.75) is 13.5 Å². The number of amides is 1. The van der Waals surface area contributed by atoms with Crippen LogP contribution in [-0.2, 0) is 6.61 Å². The lowest BCUT2D eigenvalue weighted by Crippen LogP contribution is -2.30. The summed E-state index contributed by atoms with van der Waals surface area (Å²) >= 11 is 0. The number of rotatable bonds is 4. The van der Waals surface area contributed by atoms with Gasteiger partial charge in [-0.1, -0.05) is 12.1 Å². The van der Waals surface area contributed by atoms with E-state index in [-0.39, 0.29) is 18.3 Å². The van der Waals surface area contributed by atoms with Crippen LogP contribution in [0.2, 0.25) is 0 Å². The minimum absolute atomic E-state index is 0.265. The Balaban J connectivity index is 2.07. The zero-order valence-corrected chi connectivity index (χ0v) is 11.0. The smallest absolute Gasteiger partial charge is 0.265 e. The minimum atomic E-state index is -0.357. The number of ether oxygens (including phenoxy) is 1. The average Bonchev–Trinajstić information content (AvgIpc) is 2.48. The fourth-order valence-corrected chi connectivity index (χ4v) is 1.76. The van der Waals surface area contributed by atoms with Gasteiger partial charge in [-0.15, -0.1) is 0 Å². The number of hydrogen-bond acceptors (Lipinski definition) is 3. The third-order valence-corrected chi connectivity index (χ3v) is 2.86. The number of nitrogen functional groups attached to an aromatic ring is 1. The summed E-state index contributed by atoms with van der Waals surface area (Å²) in [5.74, 6) is 5.04. The Bertz CT molecular complexity index is 629. The summed E-state index contributed by atoms with van der Waals surface area (Å²) in [6.07, 6.45) is 0. The molecule has 2 rings (SSSR count). The van der Waals surface area contributed by atoms with E-state index in [1.54, 1.807) is 37.3 Å². The molecular formula is C15H15FN2O2. The van der Waals surface area contributed by atoms with Crippen molar-refractivity contribution >= 4 is 5.91 Å². The van der Waals surface area contributed by atoms with Crippen molar-refractivity contribution in [3.8, 4) is 5.75 Å². The number of nitrogens with two attached hydrogens (primary N) is 1. The SMILES string of the molecule is Cc1cc(OCc2cccc(C(=O)NN)c2)ccc1F. The van der Waals surface area contributed by atoms with Crippen molar-refractivity contribution < 1.29 is 13.9 Å². The monoisotopic (exact) mass is 274 g/mol. The molecule has 2 aromatic carbocycles. The lowest BCUT2D eigenvalue weighted by molar-refractivity contribution is 0.0953. The first-order chi connectivity index (χ1) is 9.60. The Morgan fingerprint density at radius 3 is 2.80 bits per heavy atom. The van der Waals surface area contributed by atoms with E-state index < -0.39 is 0 Å². The third-order valence-electron chi connectivity index (χ3n) is 2.86. The van der Waals surface area contributed by atoms with Crippen LogP contribution in [0.1, 0.15) is 21.5 Å². The van der Waals surface area contributed by atoms with Gasteiger partial charge in [-0.3, -0.25) is 10.2 Å². The molecule has 20 heavy (non-hydrogen) atoms. The summed E-state index contributed by atoms with van der Waals surface area (Å²) in [6, 6.07) is 11.5. The van der Waals surface area contributed by atoms with E-state index in [9.17, 15) is 9.18 Å². The molecule has 0 heterocycles. The molecule has 1 amide bonds. The van der Waals surface area contributed by atoms with Gasteiger partial charge in [0, 0.05) is 5.56 Å². The second kappa shape index (κ2) is 6.16. The molecule has 0 radical (unpaired) electrons. The fourth-order valence-electron chi connectivity index (χ4n) is 1.76. The highest BCUT2D eigenvalue weighted by Gasteiger charge is 2.05. The maximum Gasteiger partial charge on any atom is 0.265 e. The Kier molecular flexibility index (Phi) is 4.32. The van der Waals surface area contributed by atoms with E-state index in [0.29, 0.717) is 16.9 Å². The topological polar surface area (TPSA) is 64.3 Å². The molecule has 0 spiro atoms. The molecular weight excluding hydrogens is 259 g/mol. The van der Waals surface area contributed by atoms with Crippen molar-refractivity contribution in [1.29, 1.82) is 0 Å². The van der Waals surface area contributed by atoms with E-state index in [0.717, 1.165) is 5.56 Å². The lowest BCUT2D eigenvalue weighted by Gasteiger charge is -2.08. The van der Waals surface area contributed by atoms with Crippen LogP contribution in [0.15, 0.2) is 42.5 Å². The van der Waals surface area contributed by atoms with Gasteiger partial charge in [0.2, 0.25) is 0 Å². The van der Waals surface area contributed by atoms with Crippen LogP contribution in [0.25, 0.3) is 0 Å². The van der Waals surface area contributed by atoms with Gasteiger partial charge in [0.05, 0.1) is 0 Å². The molecule has 0 aromatic heterocycles. The molecule has 104 valence electrons. The zero-order valence-electron chi connectivity index (χ0n) is 11.0. The van der Waals surface area contributed by atoms with Crippen LogP contribution in [0.5, 0.6) is 5.75 Å². The van der Waals surface area contributed by atoms with Crippen molar-refractivity contribution in [2.75, 3.05) is 0 Å². The summed E-state index contributed by atoms with van der Waals surface area (Å²) in [4.78, 5) is 11.4. The van der Waals surface area contributed by atoms with E-state index in [4.69, 9.17) is 10.6 Å². The molecule has 0 fully saturated rings. The van der Waals surface area contributed by atoms with Gasteiger partial charge >= 0.3 is 0 Å². The Hall–Kier alpha value is -2.40. The molecule has 0 bridgehead atoms. The Labute approximate surface area is 116 Å². The Morgan fingerprint density at radius 2 is 2.10 bits per heavy atom. The van der Waals surface area contributed by atoms with Crippen molar-refractivity contribution in [2.24, 2.45) is 5.84 Å². The van der Waals surface area contributed by atoms with Crippen LogP contribution >= 0.6 is 0 Å². The summed E-state index contributed by atoms with van der Waals surface area (Å²) in [6.45, 7) is 1.96. The summed E-state index contributed by atoms with van der Waals surface area (Å²) < 4.78 is 18.7. The van der Waals surface area contributed by atoms with Crippen LogP contribution < -0.4 is 16.0 Å². The summed E-state index contributed by atoms with van der Waals surface area (Å²) in [7, 11) is 0. The van der Waals surface area contributed by atoms with E-state index in [1.807, 2.05) is 6.07 Å². The van der Waals surface area contributed by atoms with Gasteiger partial charge < -0.3 is 4.74 Å². The molecule has 0 unspecified atom stereocenters. The van der Waals surface area contributed by atoms with Crippen LogP contribution in [0.3, 0.4) is 0 Å². The highest BCUT2D eigenvalue weighted by Crippen LogP contribution is 2.17. The first kappa shape index (κ1) is 14.0. The quantitative estimate of drug-likeness (QED) is 0.511. The van der Waals surface area contributed by atoms with Gasteiger partial charge in [-0.25, -0.2) is 10.2 Å².